The topological polar surface area (TPSA) is 105 Å². The van der Waals surface area contributed by atoms with Gasteiger partial charge in [-0.15, -0.1) is 0 Å². The number of nitrogens with zero attached hydrogens (tertiary/aromatic N) is 1. The molecule has 2 amide bonds. The van der Waals surface area contributed by atoms with Gasteiger partial charge in [0.25, 0.3) is 0 Å². The number of carboxylic acids is 1. The van der Waals surface area contributed by atoms with Gasteiger partial charge in [-0.3, -0.25) is 9.59 Å². The number of fused-ring (bicyclic) bond motifs is 3. The Morgan fingerprint density at radius 3 is 2.36 bits per heavy atom. The van der Waals surface area contributed by atoms with Crippen molar-refractivity contribution in [3.63, 3.8) is 0 Å². The second-order valence-electron chi connectivity index (χ2n) is 8.25. The highest BCUT2D eigenvalue weighted by molar-refractivity contribution is 5.86. The van der Waals surface area contributed by atoms with Gasteiger partial charge in [-0.25, -0.2) is 4.79 Å². The van der Waals surface area contributed by atoms with Crippen molar-refractivity contribution in [3.8, 4) is 11.1 Å². The minimum Gasteiger partial charge on any atom is -0.481 e. The Morgan fingerprint density at radius 1 is 1.03 bits per heavy atom. The number of alkyl carbamates (subject to hydrolysis) is 1. The molecule has 174 valence electrons. The minimum absolute atomic E-state index is 0.00425. The van der Waals surface area contributed by atoms with Crippen molar-refractivity contribution < 1.29 is 29.0 Å². The van der Waals surface area contributed by atoms with Crippen LogP contribution in [0.15, 0.2) is 48.5 Å². The minimum atomic E-state index is -1.03. The molecule has 1 aliphatic carbocycles. The molecule has 0 radical (unpaired) electrons. The molecule has 8 heteroatoms. The van der Waals surface area contributed by atoms with Crippen LogP contribution in [0.25, 0.3) is 11.1 Å². The van der Waals surface area contributed by atoms with Crippen LogP contribution < -0.4 is 5.32 Å². The third-order valence-electron chi connectivity index (χ3n) is 6.11. The first-order valence-corrected chi connectivity index (χ1v) is 11.2. The van der Waals surface area contributed by atoms with E-state index in [9.17, 15) is 14.4 Å². The SMILES string of the molecule is O=C(O)CCC(NC(=O)OCC1c2ccccc2-c2ccccc21)C(=O)N1CCCOCC1. The van der Waals surface area contributed by atoms with E-state index in [1.807, 2.05) is 36.4 Å². The maximum absolute atomic E-state index is 13.0. The van der Waals surface area contributed by atoms with Crippen LogP contribution in [0.3, 0.4) is 0 Å². The largest absolute Gasteiger partial charge is 0.481 e. The lowest BCUT2D eigenvalue weighted by atomic mass is 9.98. The number of carbonyl (C=O) groups excluding carboxylic acids is 2. The summed E-state index contributed by atoms with van der Waals surface area (Å²) in [4.78, 5) is 38.4. The molecule has 0 bridgehead atoms. The van der Waals surface area contributed by atoms with Gasteiger partial charge in [0, 0.05) is 32.0 Å². The summed E-state index contributed by atoms with van der Waals surface area (Å²) in [5, 5.41) is 11.7. The lowest BCUT2D eigenvalue weighted by Gasteiger charge is -2.26. The van der Waals surface area contributed by atoms with E-state index in [2.05, 4.69) is 17.4 Å². The Hall–Kier alpha value is -3.39. The number of amides is 2. The molecule has 0 aromatic heterocycles. The molecule has 0 spiro atoms. The molecule has 2 aromatic rings. The molecule has 1 aliphatic heterocycles. The smallest absolute Gasteiger partial charge is 0.407 e. The summed E-state index contributed by atoms with van der Waals surface area (Å²) in [5.41, 5.74) is 4.43. The fraction of sp³-hybridized carbons (Fsp3) is 0.400. The van der Waals surface area contributed by atoms with Crippen molar-refractivity contribution in [2.45, 2.75) is 31.2 Å². The number of aliphatic carboxylic acids is 1. The van der Waals surface area contributed by atoms with Gasteiger partial charge in [0.2, 0.25) is 5.91 Å². The lowest BCUT2D eigenvalue weighted by Crippen LogP contribution is -2.49. The molecule has 1 heterocycles. The number of carboxylic acid groups (broad SMARTS) is 1. The molecule has 2 aromatic carbocycles. The molecule has 2 aliphatic rings. The van der Waals surface area contributed by atoms with Crippen LogP contribution in [0.5, 0.6) is 0 Å². The highest BCUT2D eigenvalue weighted by Crippen LogP contribution is 2.44. The molecular weight excluding hydrogens is 424 g/mol. The molecule has 8 nitrogen and oxygen atoms in total. The average Bonchev–Trinajstić information content (AvgIpc) is 2.95. The van der Waals surface area contributed by atoms with Gasteiger partial charge in [0.15, 0.2) is 0 Å². The van der Waals surface area contributed by atoms with Crippen LogP contribution in [-0.2, 0) is 19.1 Å². The van der Waals surface area contributed by atoms with E-state index in [1.54, 1.807) is 4.90 Å². The van der Waals surface area contributed by atoms with Gasteiger partial charge < -0.3 is 24.8 Å². The first-order chi connectivity index (χ1) is 16.0. The second-order valence-corrected chi connectivity index (χ2v) is 8.25. The van der Waals surface area contributed by atoms with Crippen LogP contribution in [0.1, 0.15) is 36.3 Å². The Morgan fingerprint density at radius 2 is 1.70 bits per heavy atom. The third-order valence-corrected chi connectivity index (χ3v) is 6.11. The summed E-state index contributed by atoms with van der Waals surface area (Å²) in [7, 11) is 0. The molecule has 1 unspecified atom stereocenters. The van der Waals surface area contributed by atoms with Gasteiger partial charge in [-0.05, 0) is 35.1 Å². The summed E-state index contributed by atoms with van der Waals surface area (Å²) in [5.74, 6) is -1.43. The summed E-state index contributed by atoms with van der Waals surface area (Å²) >= 11 is 0. The zero-order valence-corrected chi connectivity index (χ0v) is 18.4. The fourth-order valence-electron chi connectivity index (χ4n) is 4.49. The van der Waals surface area contributed by atoms with Crippen molar-refractivity contribution in [1.82, 2.24) is 10.2 Å². The number of hydrogen-bond donors (Lipinski definition) is 2. The summed E-state index contributed by atoms with van der Waals surface area (Å²) in [6, 6.07) is 15.1. The Balaban J connectivity index is 1.42. The van der Waals surface area contributed by atoms with Gasteiger partial charge in [0.05, 0.1) is 6.61 Å². The molecule has 1 saturated heterocycles. The number of hydrogen-bond acceptors (Lipinski definition) is 5. The highest BCUT2D eigenvalue weighted by atomic mass is 16.5. The molecular formula is C25H28N2O6. The van der Waals surface area contributed by atoms with E-state index in [1.165, 1.54) is 0 Å². The monoisotopic (exact) mass is 452 g/mol. The van der Waals surface area contributed by atoms with E-state index in [4.69, 9.17) is 14.6 Å². The van der Waals surface area contributed by atoms with Crippen molar-refractivity contribution in [1.29, 1.82) is 0 Å². The van der Waals surface area contributed by atoms with Crippen molar-refractivity contribution in [2.75, 3.05) is 32.9 Å². The number of nitrogens with one attached hydrogen (secondary N) is 1. The normalized spacial score (nSPS) is 16.3. The van der Waals surface area contributed by atoms with Crippen LogP contribution in [0.2, 0.25) is 0 Å². The first-order valence-electron chi connectivity index (χ1n) is 11.2. The average molecular weight is 453 g/mol. The van der Waals surface area contributed by atoms with E-state index in [-0.39, 0.29) is 31.3 Å². The number of rotatable bonds is 7. The highest BCUT2D eigenvalue weighted by Gasteiger charge is 2.31. The first kappa shape index (κ1) is 22.8. The van der Waals surface area contributed by atoms with Crippen LogP contribution >= 0.6 is 0 Å². The summed E-state index contributed by atoms with van der Waals surface area (Å²) < 4.78 is 10.9. The predicted molar refractivity (Wildman–Crippen MR) is 121 cm³/mol. The zero-order valence-electron chi connectivity index (χ0n) is 18.4. The quantitative estimate of drug-likeness (QED) is 0.669. The lowest BCUT2D eigenvalue weighted by molar-refractivity contribution is -0.138. The molecule has 33 heavy (non-hydrogen) atoms. The Kier molecular flexibility index (Phi) is 7.24. The fourth-order valence-corrected chi connectivity index (χ4v) is 4.49. The summed E-state index contributed by atoms with van der Waals surface area (Å²) in [6.45, 7) is 2.03. The van der Waals surface area contributed by atoms with Gasteiger partial charge in [-0.1, -0.05) is 48.5 Å². The maximum atomic E-state index is 13.0. The van der Waals surface area contributed by atoms with Crippen molar-refractivity contribution in [3.05, 3.63) is 59.7 Å². The van der Waals surface area contributed by atoms with Gasteiger partial charge >= 0.3 is 12.1 Å². The Bertz CT molecular complexity index is 970. The van der Waals surface area contributed by atoms with E-state index in [0.717, 1.165) is 22.3 Å². The predicted octanol–water partition coefficient (Wildman–Crippen LogP) is 3.01. The number of benzene rings is 2. The molecule has 1 fully saturated rings. The van der Waals surface area contributed by atoms with E-state index < -0.39 is 18.1 Å². The Labute approximate surface area is 192 Å². The van der Waals surface area contributed by atoms with Crippen LogP contribution in [0, 0.1) is 0 Å². The number of ether oxygens (including phenoxy) is 2. The van der Waals surface area contributed by atoms with Crippen molar-refractivity contribution in [2.24, 2.45) is 0 Å². The molecule has 1 atom stereocenters. The van der Waals surface area contributed by atoms with Crippen LogP contribution in [0.4, 0.5) is 4.79 Å². The molecule has 2 N–H and O–H groups in total. The molecule has 0 saturated carbocycles. The zero-order chi connectivity index (χ0) is 23.2. The van der Waals surface area contributed by atoms with Gasteiger partial charge in [0.1, 0.15) is 12.6 Å². The van der Waals surface area contributed by atoms with Gasteiger partial charge in [-0.2, -0.15) is 0 Å². The second kappa shape index (κ2) is 10.5. The summed E-state index contributed by atoms with van der Waals surface area (Å²) in [6.07, 6.45) is -0.269. The number of carbonyl (C=O) groups is 3. The maximum Gasteiger partial charge on any atom is 0.407 e. The van der Waals surface area contributed by atoms with E-state index >= 15 is 0 Å². The van der Waals surface area contributed by atoms with Crippen molar-refractivity contribution >= 4 is 18.0 Å². The standard InChI is InChI=1S/C25H28N2O6/c28-23(29)11-10-22(24(30)27-12-5-14-32-15-13-27)26-25(31)33-16-21-19-8-3-1-6-17(19)18-7-2-4-9-20(18)21/h1-4,6-9,21-22H,5,10-16H2,(H,26,31)(H,28,29). The van der Waals surface area contributed by atoms with E-state index in [0.29, 0.717) is 32.7 Å². The third kappa shape index (κ3) is 5.34. The van der Waals surface area contributed by atoms with Crippen LogP contribution in [-0.4, -0.2) is 66.9 Å². The molecule has 4 rings (SSSR count).